The van der Waals surface area contributed by atoms with Gasteiger partial charge in [0.1, 0.15) is 5.60 Å². The van der Waals surface area contributed by atoms with Crippen LogP contribution in [0.15, 0.2) is 30.3 Å². The van der Waals surface area contributed by atoms with Gasteiger partial charge in [0.05, 0.1) is 0 Å². The summed E-state index contributed by atoms with van der Waals surface area (Å²) in [7, 11) is 0. The SMILES string of the molecule is CC(C)(C)OC(=O)NC1CC1NCCCc1ccccc1. The Morgan fingerprint density at radius 2 is 1.95 bits per heavy atom. The molecule has 1 aromatic rings. The lowest BCUT2D eigenvalue weighted by atomic mass is 10.1. The van der Waals surface area contributed by atoms with Gasteiger partial charge >= 0.3 is 6.09 Å². The fourth-order valence-electron chi connectivity index (χ4n) is 2.26. The number of nitrogens with one attached hydrogen (secondary N) is 2. The molecule has 1 aliphatic rings. The molecule has 1 amide bonds. The van der Waals surface area contributed by atoms with Crippen molar-refractivity contribution in [2.24, 2.45) is 0 Å². The van der Waals surface area contributed by atoms with Crippen LogP contribution in [0, 0.1) is 0 Å². The van der Waals surface area contributed by atoms with Crippen LogP contribution >= 0.6 is 0 Å². The lowest BCUT2D eigenvalue weighted by molar-refractivity contribution is 0.0522. The molecule has 2 N–H and O–H groups in total. The van der Waals surface area contributed by atoms with Crippen molar-refractivity contribution < 1.29 is 9.53 Å². The quantitative estimate of drug-likeness (QED) is 0.792. The lowest BCUT2D eigenvalue weighted by Crippen LogP contribution is -2.36. The van der Waals surface area contributed by atoms with Crippen molar-refractivity contribution in [3.05, 3.63) is 35.9 Å². The standard InChI is InChI=1S/C17H26N2O2/c1-17(2,3)21-16(20)19-15-12-14(15)18-11-7-10-13-8-5-4-6-9-13/h4-6,8-9,14-15,18H,7,10-12H2,1-3H3,(H,19,20). The van der Waals surface area contributed by atoms with Crippen LogP contribution in [-0.4, -0.2) is 30.3 Å². The average Bonchev–Trinajstić information content (AvgIpc) is 3.11. The fraction of sp³-hybridized carbons (Fsp3) is 0.588. The van der Waals surface area contributed by atoms with E-state index in [0.29, 0.717) is 6.04 Å². The van der Waals surface area contributed by atoms with Crippen molar-refractivity contribution in [3.8, 4) is 0 Å². The Morgan fingerprint density at radius 3 is 2.62 bits per heavy atom. The molecular weight excluding hydrogens is 264 g/mol. The van der Waals surface area contributed by atoms with Gasteiger partial charge in [-0.3, -0.25) is 0 Å². The predicted octanol–water partition coefficient (Wildman–Crippen LogP) is 2.87. The first kappa shape index (κ1) is 15.8. The lowest BCUT2D eigenvalue weighted by Gasteiger charge is -2.19. The van der Waals surface area contributed by atoms with Gasteiger partial charge in [0.2, 0.25) is 0 Å². The first-order valence-corrected chi connectivity index (χ1v) is 7.71. The fourth-order valence-corrected chi connectivity index (χ4v) is 2.26. The molecule has 1 aliphatic carbocycles. The van der Waals surface area contributed by atoms with Crippen molar-refractivity contribution in [1.82, 2.24) is 10.6 Å². The molecule has 2 rings (SSSR count). The topological polar surface area (TPSA) is 50.4 Å². The monoisotopic (exact) mass is 290 g/mol. The van der Waals surface area contributed by atoms with Crippen LogP contribution in [0.2, 0.25) is 0 Å². The first-order chi connectivity index (χ1) is 9.94. The zero-order valence-electron chi connectivity index (χ0n) is 13.2. The molecule has 0 heterocycles. The zero-order valence-corrected chi connectivity index (χ0v) is 13.2. The molecule has 4 heteroatoms. The maximum Gasteiger partial charge on any atom is 0.407 e. The van der Waals surface area contributed by atoms with Crippen molar-refractivity contribution >= 4 is 6.09 Å². The number of benzene rings is 1. The molecule has 1 saturated carbocycles. The van der Waals surface area contributed by atoms with E-state index in [-0.39, 0.29) is 12.1 Å². The Labute approximate surface area is 127 Å². The normalized spacial score (nSPS) is 20.9. The summed E-state index contributed by atoms with van der Waals surface area (Å²) in [5.41, 5.74) is 0.941. The van der Waals surface area contributed by atoms with E-state index >= 15 is 0 Å². The van der Waals surface area contributed by atoms with E-state index in [4.69, 9.17) is 4.74 Å². The van der Waals surface area contributed by atoms with Gasteiger partial charge in [-0.15, -0.1) is 0 Å². The maximum atomic E-state index is 11.6. The van der Waals surface area contributed by atoms with Crippen LogP contribution in [0.1, 0.15) is 39.2 Å². The summed E-state index contributed by atoms with van der Waals surface area (Å²) in [6.07, 6.45) is 2.87. The summed E-state index contributed by atoms with van der Waals surface area (Å²) < 4.78 is 5.24. The van der Waals surface area contributed by atoms with Gasteiger partial charge in [0, 0.05) is 12.1 Å². The number of carbonyl (C=O) groups excluding carboxylic acids is 1. The molecule has 2 atom stereocenters. The first-order valence-electron chi connectivity index (χ1n) is 7.71. The van der Waals surface area contributed by atoms with Gasteiger partial charge in [-0.2, -0.15) is 0 Å². The molecule has 1 aromatic carbocycles. The molecule has 1 fully saturated rings. The Morgan fingerprint density at radius 1 is 1.24 bits per heavy atom. The second-order valence-electron chi connectivity index (χ2n) is 6.64. The van der Waals surface area contributed by atoms with E-state index in [1.54, 1.807) is 0 Å². The largest absolute Gasteiger partial charge is 0.444 e. The highest BCUT2D eigenvalue weighted by atomic mass is 16.6. The number of hydrogen-bond donors (Lipinski definition) is 2. The highest BCUT2D eigenvalue weighted by molar-refractivity contribution is 5.68. The summed E-state index contributed by atoms with van der Waals surface area (Å²) in [5.74, 6) is 0. The number of ether oxygens (including phenoxy) is 1. The minimum absolute atomic E-state index is 0.219. The molecule has 0 radical (unpaired) electrons. The molecule has 0 bridgehead atoms. The van der Waals surface area contributed by atoms with Crippen molar-refractivity contribution in [1.29, 1.82) is 0 Å². The summed E-state index contributed by atoms with van der Waals surface area (Å²) in [6, 6.07) is 11.1. The Kier molecular flexibility index (Phi) is 5.23. The van der Waals surface area contributed by atoms with Crippen LogP contribution in [0.4, 0.5) is 4.79 Å². The minimum atomic E-state index is -0.433. The molecule has 0 aromatic heterocycles. The molecule has 0 aliphatic heterocycles. The van der Waals surface area contributed by atoms with Crippen LogP contribution in [0.3, 0.4) is 0 Å². The van der Waals surface area contributed by atoms with Crippen LogP contribution in [0.25, 0.3) is 0 Å². The zero-order chi connectivity index (χ0) is 15.3. The number of rotatable bonds is 6. The molecule has 21 heavy (non-hydrogen) atoms. The molecule has 116 valence electrons. The van der Waals surface area contributed by atoms with E-state index in [9.17, 15) is 4.79 Å². The van der Waals surface area contributed by atoms with Gasteiger partial charge in [-0.1, -0.05) is 30.3 Å². The molecule has 0 spiro atoms. The second-order valence-corrected chi connectivity index (χ2v) is 6.64. The summed E-state index contributed by atoms with van der Waals surface area (Å²) in [6.45, 7) is 6.60. The second kappa shape index (κ2) is 6.94. The van der Waals surface area contributed by atoms with E-state index in [2.05, 4.69) is 34.9 Å². The Hall–Kier alpha value is -1.55. The number of alkyl carbamates (subject to hydrolysis) is 1. The van der Waals surface area contributed by atoms with Gasteiger partial charge in [0.15, 0.2) is 0 Å². The molecular formula is C17H26N2O2. The van der Waals surface area contributed by atoms with Crippen molar-refractivity contribution in [2.75, 3.05) is 6.54 Å². The van der Waals surface area contributed by atoms with Gasteiger partial charge in [-0.25, -0.2) is 4.79 Å². The van der Waals surface area contributed by atoms with E-state index in [1.807, 2.05) is 26.8 Å². The Bertz CT molecular complexity index is 454. The van der Waals surface area contributed by atoms with E-state index in [1.165, 1.54) is 5.56 Å². The van der Waals surface area contributed by atoms with E-state index in [0.717, 1.165) is 25.8 Å². The van der Waals surface area contributed by atoms with Crippen LogP contribution in [0.5, 0.6) is 0 Å². The number of hydrogen-bond acceptors (Lipinski definition) is 3. The third kappa shape index (κ3) is 6.17. The highest BCUT2D eigenvalue weighted by Crippen LogP contribution is 2.21. The van der Waals surface area contributed by atoms with Crippen LogP contribution in [-0.2, 0) is 11.2 Å². The molecule has 4 nitrogen and oxygen atoms in total. The third-order valence-corrected chi connectivity index (χ3v) is 3.38. The summed E-state index contributed by atoms with van der Waals surface area (Å²) >= 11 is 0. The Balaban J connectivity index is 1.55. The average molecular weight is 290 g/mol. The van der Waals surface area contributed by atoms with Crippen LogP contribution < -0.4 is 10.6 Å². The van der Waals surface area contributed by atoms with Gasteiger partial charge < -0.3 is 15.4 Å². The minimum Gasteiger partial charge on any atom is -0.444 e. The van der Waals surface area contributed by atoms with Gasteiger partial charge in [-0.05, 0) is 52.1 Å². The maximum absolute atomic E-state index is 11.6. The van der Waals surface area contributed by atoms with Crippen molar-refractivity contribution in [3.63, 3.8) is 0 Å². The molecule has 0 saturated heterocycles. The van der Waals surface area contributed by atoms with Gasteiger partial charge in [0.25, 0.3) is 0 Å². The third-order valence-electron chi connectivity index (χ3n) is 3.38. The highest BCUT2D eigenvalue weighted by Gasteiger charge is 2.38. The summed E-state index contributed by atoms with van der Waals surface area (Å²) in [5, 5.41) is 6.37. The number of amides is 1. The van der Waals surface area contributed by atoms with Crippen molar-refractivity contribution in [2.45, 2.75) is 57.7 Å². The number of aryl methyl sites for hydroxylation is 1. The number of carbonyl (C=O) groups is 1. The smallest absolute Gasteiger partial charge is 0.407 e. The summed E-state index contributed by atoms with van der Waals surface area (Å²) in [4.78, 5) is 11.6. The van der Waals surface area contributed by atoms with E-state index < -0.39 is 5.60 Å². The molecule has 2 unspecified atom stereocenters. The predicted molar refractivity (Wildman–Crippen MR) is 84.3 cm³/mol.